The molecule has 0 saturated carbocycles. The first-order valence-electron chi connectivity index (χ1n) is 12.6. The zero-order valence-corrected chi connectivity index (χ0v) is 21.5. The number of anilines is 2. The van der Waals surface area contributed by atoms with Gasteiger partial charge in [0.15, 0.2) is 0 Å². The molecule has 7 rings (SSSR count). The van der Waals surface area contributed by atoms with Crippen LogP contribution in [0.3, 0.4) is 0 Å². The summed E-state index contributed by atoms with van der Waals surface area (Å²) < 4.78 is 33.2. The number of pyridine rings is 2. The van der Waals surface area contributed by atoms with Crippen LogP contribution in [0.1, 0.15) is 47.0 Å². The van der Waals surface area contributed by atoms with Crippen molar-refractivity contribution in [2.45, 2.75) is 0 Å². The van der Waals surface area contributed by atoms with Gasteiger partial charge in [-0.05, 0) is 66.7 Å². The Morgan fingerprint density at radius 2 is 1.19 bits per heavy atom. The third-order valence-corrected chi connectivity index (χ3v) is 7.12. The number of nitriles is 1. The number of carbonyl (C=O) groups is 4. The summed E-state index contributed by atoms with van der Waals surface area (Å²) in [6.45, 7) is 0. The molecule has 3 aromatic carbocycles. The van der Waals surface area contributed by atoms with E-state index in [9.17, 15) is 28.0 Å². The first-order valence-corrected chi connectivity index (χ1v) is 12.6. The van der Waals surface area contributed by atoms with E-state index in [0.29, 0.717) is 5.56 Å². The van der Waals surface area contributed by atoms with Crippen molar-refractivity contribution in [1.82, 2.24) is 9.97 Å². The van der Waals surface area contributed by atoms with Crippen LogP contribution in [0.25, 0.3) is 10.8 Å². The lowest BCUT2D eigenvalue weighted by Crippen LogP contribution is -2.43. The highest BCUT2D eigenvalue weighted by Crippen LogP contribution is 2.44. The summed E-state index contributed by atoms with van der Waals surface area (Å²) in [6, 6.07) is 16.4. The van der Waals surface area contributed by atoms with Crippen molar-refractivity contribution in [3.8, 4) is 17.6 Å². The SMILES string of the molecule is N#Cc1ccc(Oc2cc3c4c(ccc5c4c2C(=O)N(c2ccc(F)nc2)C5=O)C(=O)N(c2ccc(F)nc2)C3=O)cc1. The number of hydrogen-bond donors (Lipinski definition) is 0. The Morgan fingerprint density at radius 3 is 1.72 bits per heavy atom. The molecule has 0 atom stereocenters. The highest BCUT2D eigenvalue weighted by atomic mass is 19.1. The largest absolute Gasteiger partial charge is 0.456 e. The molecular weight excluding hydrogens is 560 g/mol. The molecule has 206 valence electrons. The van der Waals surface area contributed by atoms with Gasteiger partial charge in [-0.25, -0.2) is 19.8 Å². The number of nitrogens with zero attached hydrogens (tertiary/aromatic N) is 5. The van der Waals surface area contributed by atoms with Gasteiger partial charge in [0.05, 0.1) is 46.5 Å². The molecule has 0 fully saturated rings. The van der Waals surface area contributed by atoms with Crippen molar-refractivity contribution >= 4 is 45.8 Å². The topological polar surface area (TPSA) is 134 Å². The van der Waals surface area contributed by atoms with Crippen molar-refractivity contribution in [1.29, 1.82) is 5.26 Å². The van der Waals surface area contributed by atoms with Gasteiger partial charge in [-0.1, -0.05) is 0 Å². The van der Waals surface area contributed by atoms with Gasteiger partial charge in [-0.15, -0.1) is 0 Å². The minimum Gasteiger partial charge on any atom is -0.456 e. The number of amides is 4. The van der Waals surface area contributed by atoms with Crippen LogP contribution in [-0.2, 0) is 0 Å². The highest BCUT2D eigenvalue weighted by molar-refractivity contribution is 6.42. The Morgan fingerprint density at radius 1 is 0.651 bits per heavy atom. The molecule has 5 aromatic rings. The fraction of sp³-hybridized carbons (Fsp3) is 0. The fourth-order valence-electron chi connectivity index (χ4n) is 5.21. The van der Waals surface area contributed by atoms with E-state index in [1.807, 2.05) is 6.07 Å². The van der Waals surface area contributed by atoms with Crippen molar-refractivity contribution in [2.75, 3.05) is 9.80 Å². The standard InChI is InChI=1S/C31H13F2N5O5/c32-23-9-3-16(13-35-23)37-28(39)19-7-8-20-26-25(19)21(30(37)41)11-22(43-18-5-1-15(12-34)2-6-18)27(26)31(42)38(29(20)40)17-4-10-24(33)36-14-17/h1-11,13-14H. The fourth-order valence-corrected chi connectivity index (χ4v) is 5.21. The van der Waals surface area contributed by atoms with Gasteiger partial charge in [-0.3, -0.25) is 19.2 Å². The molecular formula is C31H13F2N5O5. The molecule has 0 radical (unpaired) electrons. The molecule has 0 spiro atoms. The molecule has 10 nitrogen and oxygen atoms in total. The normalized spacial score (nSPS) is 13.9. The van der Waals surface area contributed by atoms with E-state index in [4.69, 9.17) is 10.00 Å². The van der Waals surface area contributed by atoms with E-state index in [-0.39, 0.29) is 55.9 Å². The molecule has 4 heterocycles. The molecule has 2 aliphatic heterocycles. The smallest absolute Gasteiger partial charge is 0.269 e. The Kier molecular flexibility index (Phi) is 5.57. The Bertz CT molecular complexity index is 2110. The summed E-state index contributed by atoms with van der Waals surface area (Å²) in [6.07, 6.45) is 2.07. The molecule has 43 heavy (non-hydrogen) atoms. The maximum Gasteiger partial charge on any atom is 0.269 e. The second kappa shape index (κ2) is 9.35. The van der Waals surface area contributed by atoms with Gasteiger partial charge in [-0.2, -0.15) is 14.0 Å². The second-order valence-electron chi connectivity index (χ2n) is 9.52. The molecule has 0 saturated heterocycles. The number of halogens is 2. The summed E-state index contributed by atoms with van der Waals surface area (Å²) in [5.41, 5.74) is 0.169. The van der Waals surface area contributed by atoms with Crippen molar-refractivity contribution in [2.24, 2.45) is 0 Å². The van der Waals surface area contributed by atoms with Crippen molar-refractivity contribution in [3.05, 3.63) is 119 Å². The van der Waals surface area contributed by atoms with Crippen LogP contribution >= 0.6 is 0 Å². The molecule has 2 aliphatic rings. The van der Waals surface area contributed by atoms with E-state index < -0.39 is 35.5 Å². The van der Waals surface area contributed by atoms with Crippen LogP contribution < -0.4 is 14.5 Å². The van der Waals surface area contributed by atoms with Crippen LogP contribution in [0, 0.1) is 23.2 Å². The molecule has 12 heteroatoms. The molecule has 0 aliphatic carbocycles. The van der Waals surface area contributed by atoms with Gasteiger partial charge >= 0.3 is 0 Å². The van der Waals surface area contributed by atoms with Gasteiger partial charge in [0.25, 0.3) is 23.6 Å². The number of aromatic nitrogens is 2. The summed E-state index contributed by atoms with van der Waals surface area (Å²) >= 11 is 0. The van der Waals surface area contributed by atoms with Crippen molar-refractivity contribution < 1.29 is 32.7 Å². The zero-order valence-electron chi connectivity index (χ0n) is 21.5. The average molecular weight is 573 g/mol. The minimum absolute atomic E-state index is 0.00662. The minimum atomic E-state index is -0.858. The summed E-state index contributed by atoms with van der Waals surface area (Å²) in [5.74, 6) is -4.77. The molecule has 0 unspecified atom stereocenters. The van der Waals surface area contributed by atoms with Gasteiger partial charge in [0, 0.05) is 21.9 Å². The predicted octanol–water partition coefficient (Wildman–Crippen LogP) is 5.17. The number of ether oxygens (including phenoxy) is 1. The van der Waals surface area contributed by atoms with E-state index in [2.05, 4.69) is 9.97 Å². The first kappa shape index (κ1) is 25.6. The summed E-state index contributed by atoms with van der Waals surface area (Å²) in [4.78, 5) is 64.0. The maximum atomic E-state index is 14.1. The zero-order chi connectivity index (χ0) is 30.0. The number of hydrogen-bond acceptors (Lipinski definition) is 8. The second-order valence-corrected chi connectivity index (χ2v) is 9.52. The summed E-state index contributed by atoms with van der Waals surface area (Å²) in [7, 11) is 0. The van der Waals surface area contributed by atoms with Crippen LogP contribution in [0.15, 0.2) is 79.1 Å². The molecule has 0 N–H and O–H groups in total. The van der Waals surface area contributed by atoms with E-state index in [1.165, 1.54) is 54.6 Å². The lowest BCUT2D eigenvalue weighted by atomic mass is 9.85. The van der Waals surface area contributed by atoms with Crippen LogP contribution in [0.2, 0.25) is 0 Å². The Balaban J connectivity index is 1.49. The third kappa shape index (κ3) is 3.83. The van der Waals surface area contributed by atoms with Crippen LogP contribution in [0.4, 0.5) is 20.2 Å². The lowest BCUT2D eigenvalue weighted by molar-refractivity contribution is 0.0871. The third-order valence-electron chi connectivity index (χ3n) is 7.12. The Hall–Kier alpha value is -6.35. The molecule has 0 bridgehead atoms. The molecule has 4 amide bonds. The van der Waals surface area contributed by atoms with Gasteiger partial charge in [0.1, 0.15) is 11.5 Å². The van der Waals surface area contributed by atoms with Gasteiger partial charge < -0.3 is 4.74 Å². The van der Waals surface area contributed by atoms with E-state index in [0.717, 1.165) is 34.3 Å². The highest BCUT2D eigenvalue weighted by Gasteiger charge is 2.43. The number of benzene rings is 3. The predicted molar refractivity (Wildman–Crippen MR) is 146 cm³/mol. The lowest BCUT2D eigenvalue weighted by Gasteiger charge is -2.32. The molecule has 2 aromatic heterocycles. The van der Waals surface area contributed by atoms with Crippen molar-refractivity contribution in [3.63, 3.8) is 0 Å². The van der Waals surface area contributed by atoms with E-state index >= 15 is 0 Å². The monoisotopic (exact) mass is 573 g/mol. The van der Waals surface area contributed by atoms with Gasteiger partial charge in [0.2, 0.25) is 11.9 Å². The first-order chi connectivity index (χ1) is 20.8. The quantitative estimate of drug-likeness (QED) is 0.212. The Labute approximate surface area is 240 Å². The van der Waals surface area contributed by atoms with Crippen LogP contribution in [-0.4, -0.2) is 33.6 Å². The number of carbonyl (C=O) groups excluding carboxylic acids is 4. The average Bonchev–Trinajstić information content (AvgIpc) is 3.01. The maximum absolute atomic E-state index is 14.1. The van der Waals surface area contributed by atoms with E-state index in [1.54, 1.807) is 0 Å². The van der Waals surface area contributed by atoms with Crippen LogP contribution in [0.5, 0.6) is 11.5 Å². The number of rotatable bonds is 4. The number of imide groups is 2. The summed E-state index contributed by atoms with van der Waals surface area (Å²) in [5, 5.41) is 9.26.